The largest absolute Gasteiger partial charge is 0.462 e. The van der Waals surface area contributed by atoms with Crippen molar-refractivity contribution in [2.75, 3.05) is 12.3 Å². The number of alkyl halides is 1. The van der Waals surface area contributed by atoms with Crippen LogP contribution in [-0.2, 0) is 14.3 Å². The summed E-state index contributed by atoms with van der Waals surface area (Å²) < 4.78 is 26.1. The van der Waals surface area contributed by atoms with Gasteiger partial charge in [-0.3, -0.25) is 9.36 Å². The number of imidazole rings is 1. The number of aromatic nitrogens is 4. The molecule has 1 unspecified atom stereocenters. The molecule has 3 rings (SSSR count). The van der Waals surface area contributed by atoms with E-state index < -0.39 is 36.6 Å². The Morgan fingerprint density at radius 2 is 2.32 bits per heavy atom. The van der Waals surface area contributed by atoms with Gasteiger partial charge in [0.2, 0.25) is 5.28 Å². The molecule has 0 aromatic carbocycles. The second-order valence-electron chi connectivity index (χ2n) is 5.62. The molecule has 1 aliphatic rings. The van der Waals surface area contributed by atoms with Gasteiger partial charge in [0.05, 0.1) is 6.33 Å². The highest BCUT2D eigenvalue weighted by molar-refractivity contribution is 6.28. The fraction of sp³-hybridized carbons (Fsp3) is 0.538. The molecule has 1 saturated heterocycles. The van der Waals surface area contributed by atoms with Gasteiger partial charge in [0.15, 0.2) is 23.9 Å². The molecule has 3 heterocycles. The van der Waals surface area contributed by atoms with E-state index in [2.05, 4.69) is 15.0 Å². The summed E-state index contributed by atoms with van der Waals surface area (Å²) in [6, 6.07) is -0.838. The number of nitrogen functional groups attached to an aromatic ring is 1. The van der Waals surface area contributed by atoms with Crippen molar-refractivity contribution >= 4 is 34.6 Å². The first kappa shape index (κ1) is 17.7. The van der Waals surface area contributed by atoms with Crippen molar-refractivity contribution in [1.82, 2.24) is 19.5 Å². The Hall–Kier alpha value is -2.08. The number of ether oxygens (including phenoxy) is 2. The van der Waals surface area contributed by atoms with Crippen LogP contribution in [0.2, 0.25) is 5.28 Å². The van der Waals surface area contributed by atoms with Gasteiger partial charge in [-0.25, -0.2) is 9.37 Å². The van der Waals surface area contributed by atoms with Crippen LogP contribution < -0.4 is 11.5 Å². The predicted molar refractivity (Wildman–Crippen MR) is 84.2 cm³/mol. The molecule has 10 nitrogen and oxygen atoms in total. The maximum absolute atomic E-state index is 14.5. The van der Waals surface area contributed by atoms with Gasteiger partial charge >= 0.3 is 5.97 Å². The molecular formula is C13H16ClFN6O4. The van der Waals surface area contributed by atoms with E-state index in [0.29, 0.717) is 0 Å². The van der Waals surface area contributed by atoms with Crippen molar-refractivity contribution in [3.05, 3.63) is 11.6 Å². The summed E-state index contributed by atoms with van der Waals surface area (Å²) in [4.78, 5) is 23.1. The lowest BCUT2D eigenvalue weighted by atomic mass is 10.1. The quantitative estimate of drug-likeness (QED) is 0.477. The van der Waals surface area contributed by atoms with Crippen LogP contribution in [0.25, 0.3) is 11.2 Å². The summed E-state index contributed by atoms with van der Waals surface area (Å²) in [5.74, 6) is -0.653. The normalized spacial score (nSPS) is 27.6. The molecule has 0 radical (unpaired) electrons. The van der Waals surface area contributed by atoms with Crippen molar-refractivity contribution in [1.29, 1.82) is 0 Å². The number of aliphatic hydroxyl groups excluding tert-OH is 1. The summed E-state index contributed by atoms with van der Waals surface area (Å²) in [6.07, 6.45) is -4.39. The third-order valence-electron chi connectivity index (χ3n) is 3.75. The van der Waals surface area contributed by atoms with Gasteiger partial charge in [0.25, 0.3) is 0 Å². The Bertz CT molecular complexity index is 802. The second-order valence-corrected chi connectivity index (χ2v) is 5.96. The van der Waals surface area contributed by atoms with Crippen molar-refractivity contribution < 1.29 is 23.8 Å². The summed E-state index contributed by atoms with van der Waals surface area (Å²) in [5, 5.41) is 9.88. The van der Waals surface area contributed by atoms with Crippen LogP contribution in [0, 0.1) is 0 Å². The van der Waals surface area contributed by atoms with E-state index in [1.54, 1.807) is 0 Å². The molecule has 136 valence electrons. The van der Waals surface area contributed by atoms with Crippen LogP contribution in [0.1, 0.15) is 13.2 Å². The Labute approximate surface area is 145 Å². The van der Waals surface area contributed by atoms with E-state index in [4.69, 9.17) is 32.5 Å². The van der Waals surface area contributed by atoms with Crippen LogP contribution in [0.4, 0.5) is 10.2 Å². The van der Waals surface area contributed by atoms with Crippen molar-refractivity contribution in [3.8, 4) is 0 Å². The number of fused-ring (bicyclic) bond motifs is 1. The van der Waals surface area contributed by atoms with Crippen LogP contribution in [-0.4, -0.2) is 61.6 Å². The molecule has 0 spiro atoms. The van der Waals surface area contributed by atoms with Crippen LogP contribution in [0.5, 0.6) is 0 Å². The van der Waals surface area contributed by atoms with E-state index in [9.17, 15) is 14.3 Å². The zero-order valence-corrected chi connectivity index (χ0v) is 13.8. The predicted octanol–water partition coefficient (Wildman–Crippen LogP) is -0.451. The molecule has 0 aliphatic carbocycles. The fourth-order valence-electron chi connectivity index (χ4n) is 2.46. The lowest BCUT2D eigenvalue weighted by molar-refractivity contribution is -0.151. The number of hydrogen-bond donors (Lipinski definition) is 3. The van der Waals surface area contributed by atoms with Gasteiger partial charge in [-0.2, -0.15) is 9.97 Å². The Morgan fingerprint density at radius 1 is 1.60 bits per heavy atom. The Balaban J connectivity index is 1.83. The van der Waals surface area contributed by atoms with E-state index in [1.165, 1.54) is 17.8 Å². The number of halogens is 2. The van der Waals surface area contributed by atoms with Gasteiger partial charge in [-0.1, -0.05) is 0 Å². The summed E-state index contributed by atoms with van der Waals surface area (Å²) in [5.41, 5.74) is 11.5. The van der Waals surface area contributed by atoms with Gasteiger partial charge in [0, 0.05) is 0 Å². The minimum Gasteiger partial charge on any atom is -0.462 e. The lowest BCUT2D eigenvalue weighted by Crippen LogP contribution is -2.35. The average Bonchev–Trinajstić information content (AvgIpc) is 3.08. The molecule has 2 aromatic heterocycles. The van der Waals surface area contributed by atoms with Crippen LogP contribution in [0.3, 0.4) is 0 Å². The molecule has 0 saturated carbocycles. The molecule has 5 N–H and O–H groups in total. The zero-order valence-electron chi connectivity index (χ0n) is 13.0. The number of aliphatic hydroxyl groups is 1. The number of esters is 1. The standard InChI is InChI=1S/C13H16ClFN6O4/c1-4(16)12(23)24-2-5-8(22)6(15)11(25-5)21-3-18-7-9(17)19-13(14)20-10(7)21/h3-6,8,11,22H,2,16H2,1H3,(H2,17,19,20)/t4?,5-,6+,8-,11-/m1/s1. The van der Waals surface area contributed by atoms with Gasteiger partial charge in [-0.15, -0.1) is 0 Å². The molecule has 25 heavy (non-hydrogen) atoms. The van der Waals surface area contributed by atoms with E-state index in [0.717, 1.165) is 0 Å². The number of nitrogens with two attached hydrogens (primary N) is 2. The maximum Gasteiger partial charge on any atom is 0.322 e. The maximum atomic E-state index is 14.5. The average molecular weight is 375 g/mol. The van der Waals surface area contributed by atoms with E-state index in [1.807, 2.05) is 0 Å². The lowest BCUT2D eigenvalue weighted by Gasteiger charge is -2.16. The van der Waals surface area contributed by atoms with Gasteiger partial charge in [-0.05, 0) is 18.5 Å². The molecule has 1 aliphatic heterocycles. The second kappa shape index (κ2) is 6.67. The highest BCUT2D eigenvalue weighted by atomic mass is 35.5. The molecule has 0 amide bonds. The molecule has 12 heteroatoms. The number of nitrogens with zero attached hydrogens (tertiary/aromatic N) is 4. The smallest absolute Gasteiger partial charge is 0.322 e. The van der Waals surface area contributed by atoms with Gasteiger partial charge in [0.1, 0.15) is 30.4 Å². The summed E-state index contributed by atoms with van der Waals surface area (Å²) in [7, 11) is 0. The van der Waals surface area contributed by atoms with Crippen molar-refractivity contribution in [2.45, 2.75) is 37.6 Å². The first-order valence-corrected chi connectivity index (χ1v) is 7.72. The third-order valence-corrected chi connectivity index (χ3v) is 3.92. The molecule has 1 fully saturated rings. The minimum absolute atomic E-state index is 0.0325. The van der Waals surface area contributed by atoms with E-state index in [-0.39, 0.29) is 28.9 Å². The third kappa shape index (κ3) is 3.23. The number of carbonyl (C=O) groups is 1. The van der Waals surface area contributed by atoms with Crippen molar-refractivity contribution in [2.24, 2.45) is 5.73 Å². The Kier molecular flexibility index (Phi) is 4.73. The van der Waals surface area contributed by atoms with Crippen LogP contribution in [0.15, 0.2) is 6.33 Å². The highest BCUT2D eigenvalue weighted by Crippen LogP contribution is 2.34. The zero-order chi connectivity index (χ0) is 18.3. The number of anilines is 1. The highest BCUT2D eigenvalue weighted by Gasteiger charge is 2.46. The SMILES string of the molecule is CC(N)C(=O)OC[C@H]1O[C@@H](n2cnc3c(N)nc(Cl)nc32)[C@@H](F)[C@@H]1O. The molecular weight excluding hydrogens is 359 g/mol. The van der Waals surface area contributed by atoms with Gasteiger partial charge < -0.3 is 26.0 Å². The minimum atomic E-state index is -1.81. The fourth-order valence-corrected chi connectivity index (χ4v) is 2.63. The monoisotopic (exact) mass is 374 g/mol. The Morgan fingerprint density at radius 3 is 3.00 bits per heavy atom. The first-order chi connectivity index (χ1) is 11.8. The summed E-state index contributed by atoms with van der Waals surface area (Å²) >= 11 is 5.77. The molecule has 0 bridgehead atoms. The van der Waals surface area contributed by atoms with Crippen LogP contribution >= 0.6 is 11.6 Å². The van der Waals surface area contributed by atoms with E-state index >= 15 is 0 Å². The summed E-state index contributed by atoms with van der Waals surface area (Å²) in [6.45, 7) is 1.10. The number of hydrogen-bond acceptors (Lipinski definition) is 9. The molecule has 2 aromatic rings. The first-order valence-electron chi connectivity index (χ1n) is 7.35. The topological polar surface area (TPSA) is 151 Å². The number of carbonyl (C=O) groups excluding carboxylic acids is 1. The molecule has 5 atom stereocenters. The van der Waals surface area contributed by atoms with Crippen molar-refractivity contribution in [3.63, 3.8) is 0 Å². The number of rotatable bonds is 4.